The summed E-state index contributed by atoms with van der Waals surface area (Å²) in [5.41, 5.74) is 3.85. The maximum absolute atomic E-state index is 11.1. The highest BCUT2D eigenvalue weighted by atomic mass is 16.6. The van der Waals surface area contributed by atoms with Crippen LogP contribution in [0, 0.1) is 10.1 Å². The molecular weight excluding hydrogens is 272 g/mol. The van der Waals surface area contributed by atoms with Gasteiger partial charge in [-0.2, -0.15) is 0 Å². The van der Waals surface area contributed by atoms with Crippen LogP contribution in [0.1, 0.15) is 0 Å². The highest BCUT2D eigenvalue weighted by Crippen LogP contribution is 2.31. The molecule has 0 unspecified atom stereocenters. The fraction of sp³-hybridized carbons (Fsp3) is 0.154. The van der Waals surface area contributed by atoms with Crippen LogP contribution in [0.15, 0.2) is 36.4 Å². The van der Waals surface area contributed by atoms with Gasteiger partial charge in [-0.15, -0.1) is 0 Å². The quantitative estimate of drug-likeness (QED) is 0.439. The maximum Gasteiger partial charge on any atom is 0.311 e. The van der Waals surface area contributed by atoms with Crippen LogP contribution in [0.4, 0.5) is 28.7 Å². The Morgan fingerprint density at radius 1 is 1.24 bits per heavy atom. The predicted octanol–water partition coefficient (Wildman–Crippen LogP) is 2.08. The number of hydrogen-bond acceptors (Lipinski definition) is 7. The number of aromatic nitrogens is 1. The van der Waals surface area contributed by atoms with Crippen molar-refractivity contribution in [2.45, 2.75) is 0 Å². The molecule has 8 nitrogen and oxygen atoms in total. The summed E-state index contributed by atoms with van der Waals surface area (Å²) in [7, 11) is 3.78. The molecule has 1 aromatic heterocycles. The van der Waals surface area contributed by atoms with E-state index in [1.165, 1.54) is 12.1 Å². The summed E-state index contributed by atoms with van der Waals surface area (Å²) in [5, 5.41) is 14.1. The number of nitrogens with one attached hydrogen (secondary N) is 2. The van der Waals surface area contributed by atoms with E-state index in [1.54, 1.807) is 0 Å². The van der Waals surface area contributed by atoms with Gasteiger partial charge in [-0.1, -0.05) is 12.1 Å². The van der Waals surface area contributed by atoms with Crippen molar-refractivity contribution in [2.75, 3.05) is 29.7 Å². The lowest BCUT2D eigenvalue weighted by Gasteiger charge is -2.18. The van der Waals surface area contributed by atoms with Gasteiger partial charge in [0.25, 0.3) is 0 Å². The molecule has 2 rings (SSSR count). The largest absolute Gasteiger partial charge is 0.376 e. The Bertz CT molecular complexity index is 659. The number of nitro groups is 1. The van der Waals surface area contributed by atoms with E-state index in [-0.39, 0.29) is 11.5 Å². The third-order valence-corrected chi connectivity index (χ3v) is 2.86. The number of nitrogens with two attached hydrogens (primary N) is 1. The molecule has 0 aliphatic rings. The van der Waals surface area contributed by atoms with Crippen molar-refractivity contribution in [2.24, 2.45) is 5.84 Å². The smallest absolute Gasteiger partial charge is 0.311 e. The molecule has 0 atom stereocenters. The standard InChI is InChI=1S/C13H16N6O2/c1-18(2)10-6-4-3-5-9(10)15-13-11(19(20)21)7-8-12(16-13)17-14/h3-8H,14H2,1-2H3,(H2,15,16,17). The molecule has 0 fully saturated rings. The number of nitrogen functional groups attached to an aromatic ring is 1. The Morgan fingerprint density at radius 2 is 1.95 bits per heavy atom. The molecule has 4 N–H and O–H groups in total. The zero-order chi connectivity index (χ0) is 15.4. The van der Waals surface area contributed by atoms with Crippen LogP contribution in [0.25, 0.3) is 0 Å². The topological polar surface area (TPSA) is 109 Å². The van der Waals surface area contributed by atoms with Crippen LogP contribution < -0.4 is 21.5 Å². The van der Waals surface area contributed by atoms with E-state index in [1.807, 2.05) is 43.3 Å². The lowest BCUT2D eigenvalue weighted by Crippen LogP contribution is -2.12. The van der Waals surface area contributed by atoms with Crippen molar-refractivity contribution in [1.29, 1.82) is 0 Å². The second-order valence-corrected chi connectivity index (χ2v) is 4.50. The highest BCUT2D eigenvalue weighted by Gasteiger charge is 2.17. The van der Waals surface area contributed by atoms with E-state index < -0.39 is 4.92 Å². The van der Waals surface area contributed by atoms with Crippen LogP contribution >= 0.6 is 0 Å². The van der Waals surface area contributed by atoms with Crippen LogP contribution in [0.3, 0.4) is 0 Å². The lowest BCUT2D eigenvalue weighted by molar-refractivity contribution is -0.384. The zero-order valence-electron chi connectivity index (χ0n) is 11.7. The maximum atomic E-state index is 11.1. The number of para-hydroxylation sites is 2. The molecule has 1 aromatic carbocycles. The summed E-state index contributed by atoms with van der Waals surface area (Å²) in [6.07, 6.45) is 0. The first kappa shape index (κ1) is 14.5. The minimum atomic E-state index is -0.492. The van der Waals surface area contributed by atoms with E-state index in [9.17, 15) is 10.1 Å². The van der Waals surface area contributed by atoms with Crippen LogP contribution in [0.5, 0.6) is 0 Å². The van der Waals surface area contributed by atoms with Crippen molar-refractivity contribution >= 4 is 28.7 Å². The van der Waals surface area contributed by atoms with Gasteiger partial charge in [0.1, 0.15) is 5.82 Å². The second-order valence-electron chi connectivity index (χ2n) is 4.50. The minimum absolute atomic E-state index is 0.123. The molecule has 0 saturated heterocycles. The van der Waals surface area contributed by atoms with Crippen molar-refractivity contribution in [1.82, 2.24) is 4.98 Å². The summed E-state index contributed by atoms with van der Waals surface area (Å²) in [5.74, 6) is 5.77. The van der Waals surface area contributed by atoms with E-state index in [2.05, 4.69) is 15.7 Å². The summed E-state index contributed by atoms with van der Waals surface area (Å²) in [4.78, 5) is 16.6. The van der Waals surface area contributed by atoms with Gasteiger partial charge in [-0.25, -0.2) is 10.8 Å². The van der Waals surface area contributed by atoms with E-state index >= 15 is 0 Å². The van der Waals surface area contributed by atoms with E-state index in [0.29, 0.717) is 11.5 Å². The Balaban J connectivity index is 2.45. The van der Waals surface area contributed by atoms with E-state index in [0.717, 1.165) is 5.69 Å². The fourth-order valence-corrected chi connectivity index (χ4v) is 1.87. The Morgan fingerprint density at radius 3 is 2.57 bits per heavy atom. The van der Waals surface area contributed by atoms with Crippen LogP contribution in [-0.4, -0.2) is 24.0 Å². The van der Waals surface area contributed by atoms with Gasteiger partial charge in [0.15, 0.2) is 0 Å². The molecule has 1 heterocycles. The van der Waals surface area contributed by atoms with Gasteiger partial charge >= 0.3 is 5.69 Å². The zero-order valence-corrected chi connectivity index (χ0v) is 11.7. The third-order valence-electron chi connectivity index (χ3n) is 2.86. The number of nitrogens with zero attached hydrogens (tertiary/aromatic N) is 3. The molecule has 0 bridgehead atoms. The molecule has 110 valence electrons. The molecule has 0 saturated carbocycles. The molecule has 0 aliphatic heterocycles. The van der Waals surface area contributed by atoms with Gasteiger partial charge in [0.05, 0.1) is 16.3 Å². The minimum Gasteiger partial charge on any atom is -0.376 e. The lowest BCUT2D eigenvalue weighted by atomic mass is 10.2. The molecule has 0 aliphatic carbocycles. The number of hydrogen-bond donors (Lipinski definition) is 3. The summed E-state index contributed by atoms with van der Waals surface area (Å²) >= 11 is 0. The Kier molecular flexibility index (Phi) is 4.19. The molecule has 2 aromatic rings. The number of benzene rings is 1. The molecule has 0 radical (unpaired) electrons. The number of pyridine rings is 1. The Labute approximate surface area is 121 Å². The SMILES string of the molecule is CN(C)c1ccccc1Nc1nc(NN)ccc1[N+](=O)[O-]. The second kappa shape index (κ2) is 6.06. The first-order valence-electron chi connectivity index (χ1n) is 6.18. The highest BCUT2D eigenvalue weighted by molar-refractivity contribution is 5.77. The summed E-state index contributed by atoms with van der Waals surface area (Å²) < 4.78 is 0. The van der Waals surface area contributed by atoms with Crippen molar-refractivity contribution in [3.63, 3.8) is 0 Å². The average Bonchev–Trinajstić information content (AvgIpc) is 2.47. The van der Waals surface area contributed by atoms with E-state index in [4.69, 9.17) is 5.84 Å². The summed E-state index contributed by atoms with van der Waals surface area (Å²) in [6, 6.07) is 10.2. The molecule has 21 heavy (non-hydrogen) atoms. The van der Waals surface area contributed by atoms with Gasteiger partial charge < -0.3 is 15.6 Å². The van der Waals surface area contributed by atoms with Crippen molar-refractivity contribution < 1.29 is 4.92 Å². The first-order valence-corrected chi connectivity index (χ1v) is 6.18. The monoisotopic (exact) mass is 288 g/mol. The van der Waals surface area contributed by atoms with Crippen molar-refractivity contribution in [3.05, 3.63) is 46.5 Å². The third kappa shape index (κ3) is 3.18. The number of anilines is 4. The molecular formula is C13H16N6O2. The van der Waals surface area contributed by atoms with Gasteiger partial charge in [-0.05, 0) is 18.2 Å². The van der Waals surface area contributed by atoms with Gasteiger partial charge in [-0.3, -0.25) is 10.1 Å². The number of hydrazine groups is 1. The van der Waals surface area contributed by atoms with Crippen molar-refractivity contribution in [3.8, 4) is 0 Å². The van der Waals surface area contributed by atoms with Gasteiger partial charge in [0.2, 0.25) is 5.82 Å². The first-order chi connectivity index (χ1) is 10.0. The fourth-order valence-electron chi connectivity index (χ4n) is 1.87. The molecule has 0 amide bonds. The summed E-state index contributed by atoms with van der Waals surface area (Å²) in [6.45, 7) is 0. The molecule has 8 heteroatoms. The molecule has 0 spiro atoms. The average molecular weight is 288 g/mol. The number of rotatable bonds is 5. The Hall–Kier alpha value is -2.87. The van der Waals surface area contributed by atoms with Crippen LogP contribution in [-0.2, 0) is 0 Å². The van der Waals surface area contributed by atoms with Crippen LogP contribution in [0.2, 0.25) is 0 Å². The predicted molar refractivity (Wildman–Crippen MR) is 82.8 cm³/mol. The normalized spacial score (nSPS) is 10.0. The van der Waals surface area contributed by atoms with Gasteiger partial charge in [0, 0.05) is 20.2 Å².